The number of hydrogen-bond donors (Lipinski definition) is 1. The molecule has 0 aromatic carbocycles. The quantitative estimate of drug-likeness (QED) is 0.648. The van der Waals surface area contributed by atoms with Gasteiger partial charge in [0, 0.05) is 0 Å². The molecule has 3 nitrogen and oxygen atoms in total. The molecule has 0 heterocycles. The molecule has 0 bridgehead atoms. The molecule has 0 fully saturated rings. The van der Waals surface area contributed by atoms with E-state index in [0.29, 0.717) is 6.61 Å². The van der Waals surface area contributed by atoms with Crippen LogP contribution in [0.2, 0.25) is 0 Å². The van der Waals surface area contributed by atoms with Crippen LogP contribution in [-0.2, 0) is 9.09 Å². The molecule has 10 heavy (non-hydrogen) atoms. The molecule has 0 spiro atoms. The third-order valence-corrected chi connectivity index (χ3v) is 2.78. The van der Waals surface area contributed by atoms with E-state index in [-0.39, 0.29) is 12.1 Å². The van der Waals surface area contributed by atoms with Crippen LogP contribution < -0.4 is 0 Å². The number of rotatable bonds is 4. The summed E-state index contributed by atoms with van der Waals surface area (Å²) in [4.78, 5) is 9.02. The van der Waals surface area contributed by atoms with Gasteiger partial charge in [-0.2, -0.15) is 0 Å². The average molecular weight is 166 g/mol. The SMILES string of the molecule is CCOP(=O)(O)CC(C)C. The van der Waals surface area contributed by atoms with Gasteiger partial charge in [-0.25, -0.2) is 0 Å². The van der Waals surface area contributed by atoms with E-state index in [4.69, 9.17) is 4.89 Å². The van der Waals surface area contributed by atoms with Crippen LogP contribution in [0.15, 0.2) is 0 Å². The molecule has 0 rings (SSSR count). The normalized spacial score (nSPS) is 17.3. The van der Waals surface area contributed by atoms with Crippen molar-refractivity contribution in [3.63, 3.8) is 0 Å². The average Bonchev–Trinajstić information content (AvgIpc) is 1.59. The van der Waals surface area contributed by atoms with Crippen LogP contribution in [0.1, 0.15) is 20.8 Å². The van der Waals surface area contributed by atoms with Crippen molar-refractivity contribution in [1.82, 2.24) is 0 Å². The molecule has 1 N–H and O–H groups in total. The van der Waals surface area contributed by atoms with Crippen molar-refractivity contribution in [3.05, 3.63) is 0 Å². The Labute approximate surface area is 61.9 Å². The molecule has 0 aliphatic heterocycles. The van der Waals surface area contributed by atoms with Crippen molar-refractivity contribution in [2.45, 2.75) is 20.8 Å². The molecule has 0 aromatic rings. The van der Waals surface area contributed by atoms with Crippen LogP contribution in [0.4, 0.5) is 0 Å². The van der Waals surface area contributed by atoms with Gasteiger partial charge in [0.05, 0.1) is 12.8 Å². The van der Waals surface area contributed by atoms with Gasteiger partial charge in [0.15, 0.2) is 0 Å². The second-order valence-electron chi connectivity index (χ2n) is 2.63. The molecule has 0 aromatic heterocycles. The van der Waals surface area contributed by atoms with Crippen molar-refractivity contribution < 1.29 is 14.0 Å². The van der Waals surface area contributed by atoms with E-state index >= 15 is 0 Å². The molecular formula is C6H15O3P. The van der Waals surface area contributed by atoms with Crippen LogP contribution in [0.5, 0.6) is 0 Å². The van der Waals surface area contributed by atoms with E-state index in [0.717, 1.165) is 0 Å². The zero-order chi connectivity index (χ0) is 8.20. The lowest BCUT2D eigenvalue weighted by Crippen LogP contribution is -2.00. The van der Waals surface area contributed by atoms with Gasteiger partial charge in [0.1, 0.15) is 0 Å². The van der Waals surface area contributed by atoms with Crippen LogP contribution in [0.3, 0.4) is 0 Å². The van der Waals surface area contributed by atoms with Crippen LogP contribution in [0.25, 0.3) is 0 Å². The van der Waals surface area contributed by atoms with E-state index in [2.05, 4.69) is 4.52 Å². The lowest BCUT2D eigenvalue weighted by atomic mass is 10.3. The van der Waals surface area contributed by atoms with Gasteiger partial charge in [0.25, 0.3) is 0 Å². The van der Waals surface area contributed by atoms with E-state index in [1.165, 1.54) is 0 Å². The Morgan fingerprint density at radius 2 is 2.10 bits per heavy atom. The summed E-state index contributed by atoms with van der Waals surface area (Å²) in [5, 5.41) is 0. The first-order chi connectivity index (χ1) is 4.48. The minimum absolute atomic E-state index is 0.211. The molecule has 0 saturated carbocycles. The molecule has 4 heteroatoms. The molecule has 0 radical (unpaired) electrons. The van der Waals surface area contributed by atoms with Gasteiger partial charge in [-0.1, -0.05) is 13.8 Å². The molecule has 0 saturated heterocycles. The highest BCUT2D eigenvalue weighted by atomic mass is 31.2. The molecular weight excluding hydrogens is 151 g/mol. The smallest absolute Gasteiger partial charge is 0.324 e. The Hall–Kier alpha value is 0.150. The fraction of sp³-hybridized carbons (Fsp3) is 1.00. The first kappa shape index (κ1) is 10.2. The van der Waals surface area contributed by atoms with E-state index in [1.54, 1.807) is 6.92 Å². The highest BCUT2D eigenvalue weighted by Gasteiger charge is 2.19. The molecule has 1 unspecified atom stereocenters. The molecule has 0 amide bonds. The lowest BCUT2D eigenvalue weighted by molar-refractivity contribution is 0.270. The maximum Gasteiger partial charge on any atom is 0.328 e. The Bertz CT molecular complexity index is 133. The second kappa shape index (κ2) is 4.12. The van der Waals surface area contributed by atoms with Gasteiger partial charge in [-0.3, -0.25) is 4.57 Å². The summed E-state index contributed by atoms with van der Waals surface area (Å²) in [7, 11) is -3.25. The summed E-state index contributed by atoms with van der Waals surface area (Å²) < 4.78 is 15.6. The molecule has 0 aliphatic carbocycles. The summed E-state index contributed by atoms with van der Waals surface area (Å²) in [5.41, 5.74) is 0. The topological polar surface area (TPSA) is 46.5 Å². The van der Waals surface area contributed by atoms with E-state index in [9.17, 15) is 4.57 Å². The Morgan fingerprint density at radius 1 is 1.60 bits per heavy atom. The highest BCUT2D eigenvalue weighted by Crippen LogP contribution is 2.43. The van der Waals surface area contributed by atoms with E-state index < -0.39 is 7.60 Å². The van der Waals surface area contributed by atoms with Crippen LogP contribution in [-0.4, -0.2) is 17.7 Å². The van der Waals surface area contributed by atoms with Gasteiger partial charge in [-0.05, 0) is 12.8 Å². The van der Waals surface area contributed by atoms with Gasteiger partial charge in [-0.15, -0.1) is 0 Å². The first-order valence-corrected chi connectivity index (χ1v) is 5.20. The maximum absolute atomic E-state index is 11.0. The fourth-order valence-corrected chi connectivity index (χ4v) is 2.15. The minimum atomic E-state index is -3.25. The van der Waals surface area contributed by atoms with Gasteiger partial charge in [0.2, 0.25) is 0 Å². The van der Waals surface area contributed by atoms with Gasteiger partial charge < -0.3 is 9.42 Å². The third kappa shape index (κ3) is 4.98. The molecule has 62 valence electrons. The van der Waals surface area contributed by atoms with Crippen molar-refractivity contribution >= 4 is 7.60 Å². The Kier molecular flexibility index (Phi) is 4.18. The first-order valence-electron chi connectivity index (χ1n) is 3.44. The Balaban J connectivity index is 3.75. The summed E-state index contributed by atoms with van der Waals surface area (Å²) in [6.45, 7) is 5.80. The van der Waals surface area contributed by atoms with Crippen LogP contribution >= 0.6 is 7.60 Å². The molecule has 1 atom stereocenters. The third-order valence-electron chi connectivity index (χ3n) is 0.927. The largest absolute Gasteiger partial charge is 0.328 e. The van der Waals surface area contributed by atoms with Crippen molar-refractivity contribution in [3.8, 4) is 0 Å². The predicted octanol–water partition coefficient (Wildman–Crippen LogP) is 1.86. The van der Waals surface area contributed by atoms with E-state index in [1.807, 2.05) is 13.8 Å². The van der Waals surface area contributed by atoms with Crippen molar-refractivity contribution in [2.75, 3.05) is 12.8 Å². The lowest BCUT2D eigenvalue weighted by Gasteiger charge is -2.11. The fourth-order valence-electron chi connectivity index (χ4n) is 0.716. The highest BCUT2D eigenvalue weighted by molar-refractivity contribution is 7.52. The monoisotopic (exact) mass is 166 g/mol. The standard InChI is InChI=1S/C6H15O3P/c1-4-9-10(7,8)5-6(2)3/h6H,4-5H2,1-3H3,(H,7,8). The van der Waals surface area contributed by atoms with Crippen molar-refractivity contribution in [2.24, 2.45) is 5.92 Å². The van der Waals surface area contributed by atoms with Gasteiger partial charge >= 0.3 is 7.60 Å². The summed E-state index contributed by atoms with van der Waals surface area (Å²) in [5.74, 6) is 0.211. The minimum Gasteiger partial charge on any atom is -0.324 e. The zero-order valence-electron chi connectivity index (χ0n) is 6.70. The number of hydrogen-bond acceptors (Lipinski definition) is 2. The summed E-state index contributed by atoms with van der Waals surface area (Å²) >= 11 is 0. The summed E-state index contributed by atoms with van der Waals surface area (Å²) in [6.07, 6.45) is 0.251. The Morgan fingerprint density at radius 3 is 2.40 bits per heavy atom. The van der Waals surface area contributed by atoms with Crippen LogP contribution in [0, 0.1) is 5.92 Å². The summed E-state index contributed by atoms with van der Waals surface area (Å²) in [6, 6.07) is 0. The zero-order valence-corrected chi connectivity index (χ0v) is 7.60. The molecule has 0 aliphatic rings. The second-order valence-corrected chi connectivity index (χ2v) is 4.53. The van der Waals surface area contributed by atoms with Crippen molar-refractivity contribution in [1.29, 1.82) is 0 Å². The maximum atomic E-state index is 11.0. The predicted molar refractivity (Wildman–Crippen MR) is 41.2 cm³/mol.